The maximum Gasteiger partial charge on any atom is 0.0127 e. The quantitative estimate of drug-likeness (QED) is 0.646. The third-order valence-electron chi connectivity index (χ3n) is 7.01. The van der Waals surface area contributed by atoms with E-state index in [2.05, 4.69) is 13.8 Å². The lowest BCUT2D eigenvalue weighted by Crippen LogP contribution is -2.46. The van der Waals surface area contributed by atoms with E-state index in [1.165, 1.54) is 38.5 Å². The van der Waals surface area contributed by atoms with Crippen molar-refractivity contribution in [1.29, 1.82) is 0 Å². The van der Waals surface area contributed by atoms with Gasteiger partial charge >= 0.3 is 0 Å². The first kappa shape index (κ1) is 9.04. The van der Waals surface area contributed by atoms with Crippen LogP contribution in [0.5, 0.6) is 0 Å². The summed E-state index contributed by atoms with van der Waals surface area (Å²) in [5, 5.41) is 0. The van der Waals surface area contributed by atoms with E-state index >= 15 is 0 Å². The topological polar surface area (TPSA) is 26.0 Å². The number of hydrogen-bond donors (Lipinski definition) is 1. The molecule has 4 fully saturated rings. The standard InChI is InChI=1S/C14H23N/c1-12-6-13(12,2)8-14(7-12)10-4-3-9(5-10)11(14)15/h9-11H,3-8,15H2,1-2H3/t9?,10?,11-,12?,13?,14?/m1/s1. The molecule has 2 bridgehead atoms. The molecule has 4 aliphatic rings. The molecule has 4 rings (SSSR count). The van der Waals surface area contributed by atoms with Crippen LogP contribution in [0.4, 0.5) is 0 Å². The van der Waals surface area contributed by atoms with E-state index in [0.717, 1.165) is 11.8 Å². The molecule has 1 nitrogen and oxygen atoms in total. The Morgan fingerprint density at radius 3 is 2.20 bits per heavy atom. The van der Waals surface area contributed by atoms with Gasteiger partial charge in [-0.1, -0.05) is 13.8 Å². The molecule has 84 valence electrons. The van der Waals surface area contributed by atoms with Gasteiger partial charge in [-0.05, 0) is 66.6 Å². The minimum Gasteiger partial charge on any atom is -0.327 e. The van der Waals surface area contributed by atoms with E-state index in [9.17, 15) is 0 Å². The van der Waals surface area contributed by atoms with Crippen molar-refractivity contribution in [1.82, 2.24) is 0 Å². The van der Waals surface area contributed by atoms with Gasteiger partial charge in [0.1, 0.15) is 0 Å². The van der Waals surface area contributed by atoms with Gasteiger partial charge in [-0.15, -0.1) is 0 Å². The Balaban J connectivity index is 1.73. The second-order valence-corrected chi connectivity index (χ2v) is 7.68. The van der Waals surface area contributed by atoms with Crippen LogP contribution in [0.1, 0.15) is 52.4 Å². The summed E-state index contributed by atoms with van der Waals surface area (Å²) < 4.78 is 0. The Kier molecular flexibility index (Phi) is 1.30. The first-order valence-corrected chi connectivity index (χ1v) is 6.75. The third kappa shape index (κ3) is 0.800. The molecule has 0 aromatic rings. The fourth-order valence-corrected chi connectivity index (χ4v) is 6.01. The van der Waals surface area contributed by atoms with Crippen LogP contribution >= 0.6 is 0 Å². The normalized spacial score (nSPS) is 70.2. The van der Waals surface area contributed by atoms with Gasteiger partial charge in [0.15, 0.2) is 0 Å². The van der Waals surface area contributed by atoms with E-state index in [1.807, 2.05) is 0 Å². The highest BCUT2D eigenvalue weighted by molar-refractivity contribution is 5.25. The molecular formula is C14H23N. The zero-order valence-corrected chi connectivity index (χ0v) is 10.1. The smallest absolute Gasteiger partial charge is 0.0127 e. The summed E-state index contributed by atoms with van der Waals surface area (Å²) in [5.41, 5.74) is 8.50. The molecule has 1 spiro atoms. The molecule has 0 aromatic heterocycles. The molecule has 0 radical (unpaired) electrons. The Morgan fingerprint density at radius 2 is 1.67 bits per heavy atom. The summed E-state index contributed by atoms with van der Waals surface area (Å²) in [7, 11) is 0. The zero-order valence-electron chi connectivity index (χ0n) is 10.1. The highest BCUT2D eigenvalue weighted by atomic mass is 14.9. The molecule has 2 N–H and O–H groups in total. The van der Waals surface area contributed by atoms with Gasteiger partial charge in [0.2, 0.25) is 0 Å². The van der Waals surface area contributed by atoms with Gasteiger partial charge in [-0.2, -0.15) is 0 Å². The summed E-state index contributed by atoms with van der Waals surface area (Å²) in [5.74, 6) is 1.89. The number of fused-ring (bicyclic) bond motifs is 4. The van der Waals surface area contributed by atoms with Crippen molar-refractivity contribution < 1.29 is 0 Å². The molecule has 4 saturated carbocycles. The van der Waals surface area contributed by atoms with Crippen LogP contribution in [-0.2, 0) is 0 Å². The van der Waals surface area contributed by atoms with Crippen LogP contribution in [0.15, 0.2) is 0 Å². The summed E-state index contributed by atoms with van der Waals surface area (Å²) in [4.78, 5) is 0. The van der Waals surface area contributed by atoms with Gasteiger partial charge < -0.3 is 5.73 Å². The molecular weight excluding hydrogens is 182 g/mol. The summed E-state index contributed by atoms with van der Waals surface area (Å²) in [6.45, 7) is 5.03. The SMILES string of the molecule is CC12CC3(CC1(C)C2)C1CCC(C1)[C@H]3N. The Morgan fingerprint density at radius 1 is 1.00 bits per heavy atom. The van der Waals surface area contributed by atoms with Crippen molar-refractivity contribution in [2.45, 2.75) is 58.4 Å². The first-order valence-electron chi connectivity index (χ1n) is 6.75. The number of rotatable bonds is 0. The van der Waals surface area contributed by atoms with Crippen LogP contribution in [0.3, 0.4) is 0 Å². The molecule has 0 saturated heterocycles. The monoisotopic (exact) mass is 205 g/mol. The second kappa shape index (κ2) is 2.16. The van der Waals surface area contributed by atoms with Gasteiger partial charge in [0, 0.05) is 6.04 Å². The predicted octanol–water partition coefficient (Wildman–Crippen LogP) is 2.94. The first-order chi connectivity index (χ1) is 6.99. The minimum absolute atomic E-state index is 0.553. The Bertz CT molecular complexity index is 316. The Hall–Kier alpha value is -0.0400. The van der Waals surface area contributed by atoms with Crippen molar-refractivity contribution in [2.24, 2.45) is 33.8 Å². The van der Waals surface area contributed by atoms with Crippen molar-refractivity contribution in [3.05, 3.63) is 0 Å². The fraction of sp³-hybridized carbons (Fsp3) is 1.00. The molecule has 4 aliphatic carbocycles. The van der Waals surface area contributed by atoms with Gasteiger partial charge in [-0.25, -0.2) is 0 Å². The number of hydrogen-bond acceptors (Lipinski definition) is 1. The molecule has 5 atom stereocenters. The van der Waals surface area contributed by atoms with Gasteiger partial charge in [-0.3, -0.25) is 0 Å². The summed E-state index contributed by atoms with van der Waals surface area (Å²) in [6, 6.07) is 0.553. The molecule has 0 aromatic carbocycles. The highest BCUT2D eigenvalue weighted by Crippen LogP contribution is 2.82. The van der Waals surface area contributed by atoms with Crippen molar-refractivity contribution in [3.63, 3.8) is 0 Å². The summed E-state index contributed by atoms with van der Waals surface area (Å²) >= 11 is 0. The lowest BCUT2D eigenvalue weighted by molar-refractivity contribution is 0.107. The highest BCUT2D eigenvalue weighted by Gasteiger charge is 2.75. The summed E-state index contributed by atoms with van der Waals surface area (Å²) in [6.07, 6.45) is 8.78. The van der Waals surface area contributed by atoms with Crippen molar-refractivity contribution in [3.8, 4) is 0 Å². The molecule has 1 heteroatoms. The average molecular weight is 205 g/mol. The van der Waals surface area contributed by atoms with Crippen LogP contribution in [-0.4, -0.2) is 6.04 Å². The molecule has 0 amide bonds. The molecule has 4 unspecified atom stereocenters. The van der Waals surface area contributed by atoms with Crippen LogP contribution in [0.25, 0.3) is 0 Å². The van der Waals surface area contributed by atoms with Crippen LogP contribution in [0.2, 0.25) is 0 Å². The maximum atomic E-state index is 6.56. The van der Waals surface area contributed by atoms with Crippen molar-refractivity contribution in [2.75, 3.05) is 0 Å². The van der Waals surface area contributed by atoms with Crippen LogP contribution < -0.4 is 5.73 Å². The lowest BCUT2D eigenvalue weighted by atomic mass is 9.66. The third-order valence-corrected chi connectivity index (χ3v) is 7.01. The average Bonchev–Trinajstić information content (AvgIpc) is 2.61. The second-order valence-electron chi connectivity index (χ2n) is 7.68. The molecule has 0 aliphatic heterocycles. The molecule has 0 heterocycles. The van der Waals surface area contributed by atoms with E-state index in [1.54, 1.807) is 0 Å². The van der Waals surface area contributed by atoms with E-state index in [0.29, 0.717) is 22.3 Å². The fourth-order valence-electron chi connectivity index (χ4n) is 6.01. The van der Waals surface area contributed by atoms with Gasteiger partial charge in [0.25, 0.3) is 0 Å². The number of nitrogens with two attached hydrogens (primary N) is 1. The minimum atomic E-state index is 0.553. The van der Waals surface area contributed by atoms with E-state index in [4.69, 9.17) is 5.73 Å². The maximum absolute atomic E-state index is 6.56. The lowest BCUT2D eigenvalue weighted by Gasteiger charge is -2.41. The zero-order chi connectivity index (χ0) is 10.5. The van der Waals surface area contributed by atoms with E-state index in [-0.39, 0.29) is 0 Å². The van der Waals surface area contributed by atoms with Gasteiger partial charge in [0.05, 0.1) is 0 Å². The van der Waals surface area contributed by atoms with Crippen LogP contribution in [0, 0.1) is 28.1 Å². The largest absolute Gasteiger partial charge is 0.327 e. The molecule has 15 heavy (non-hydrogen) atoms. The Labute approximate surface area is 92.8 Å². The van der Waals surface area contributed by atoms with Crippen molar-refractivity contribution >= 4 is 0 Å². The predicted molar refractivity (Wildman–Crippen MR) is 61.3 cm³/mol. The van der Waals surface area contributed by atoms with E-state index < -0.39 is 0 Å².